The largest absolute Gasteiger partial charge is 0.399 e. The molecule has 39 heavy (non-hydrogen) atoms. The summed E-state index contributed by atoms with van der Waals surface area (Å²) in [4.78, 5) is 38.7. The van der Waals surface area contributed by atoms with Crippen molar-refractivity contribution >= 4 is 34.9 Å². The van der Waals surface area contributed by atoms with Gasteiger partial charge in [-0.2, -0.15) is 0 Å². The van der Waals surface area contributed by atoms with E-state index in [-0.39, 0.29) is 11.8 Å². The summed E-state index contributed by atoms with van der Waals surface area (Å²) in [5, 5.41) is 17.0. The number of hydrogen-bond acceptors (Lipinski definition) is 7. The third kappa shape index (κ3) is 8.24. The number of rotatable bonds is 9. The van der Waals surface area contributed by atoms with Gasteiger partial charge in [0.2, 0.25) is 5.91 Å². The van der Waals surface area contributed by atoms with E-state index in [1.165, 1.54) is 6.92 Å². The minimum Gasteiger partial charge on any atom is -0.399 e. The summed E-state index contributed by atoms with van der Waals surface area (Å²) in [5.74, 6) is 0.754. The van der Waals surface area contributed by atoms with Crippen LogP contribution in [0.15, 0.2) is 47.8 Å². The van der Waals surface area contributed by atoms with Crippen molar-refractivity contribution in [2.24, 2.45) is 17.0 Å². The first-order chi connectivity index (χ1) is 18.8. The van der Waals surface area contributed by atoms with E-state index in [1.807, 2.05) is 41.3 Å². The zero-order valence-electron chi connectivity index (χ0n) is 22.7. The number of benzene rings is 1. The van der Waals surface area contributed by atoms with Crippen LogP contribution in [0.5, 0.6) is 0 Å². The number of aromatic nitrogens is 1. The number of pyridine rings is 1. The molecule has 3 heterocycles. The molecule has 2 fully saturated rings. The molecule has 1 atom stereocenters. The molecule has 0 saturated carbocycles. The molecule has 0 aliphatic carbocycles. The molecule has 0 spiro atoms. The lowest BCUT2D eigenvalue weighted by Gasteiger charge is -2.37. The van der Waals surface area contributed by atoms with Gasteiger partial charge in [-0.1, -0.05) is 28.9 Å². The van der Waals surface area contributed by atoms with Crippen LogP contribution in [0.25, 0.3) is 0 Å². The van der Waals surface area contributed by atoms with Gasteiger partial charge in [0.25, 0.3) is 5.91 Å². The SMILES string of the molecule is CON=C(CC1CCN(C(=O)C2CCN(Cc3ccnc(NC(=O)C(C)O)c3)CC2)CC1)c1ccc(Cl)cc1. The molecule has 2 aliphatic rings. The molecule has 1 aromatic heterocycles. The Morgan fingerprint density at radius 2 is 1.82 bits per heavy atom. The maximum Gasteiger partial charge on any atom is 0.254 e. The lowest BCUT2D eigenvalue weighted by Crippen LogP contribution is -2.45. The van der Waals surface area contributed by atoms with Gasteiger partial charge in [0.15, 0.2) is 0 Å². The van der Waals surface area contributed by atoms with Gasteiger partial charge < -0.3 is 20.2 Å². The maximum absolute atomic E-state index is 13.3. The highest BCUT2D eigenvalue weighted by Gasteiger charge is 2.31. The number of amides is 2. The number of aliphatic hydroxyl groups excluding tert-OH is 1. The monoisotopic (exact) mass is 555 g/mol. The molecule has 2 aromatic rings. The third-order valence-electron chi connectivity index (χ3n) is 7.59. The number of halogens is 1. The Morgan fingerprint density at radius 1 is 1.13 bits per heavy atom. The maximum atomic E-state index is 13.3. The summed E-state index contributed by atoms with van der Waals surface area (Å²) in [6, 6.07) is 11.4. The predicted molar refractivity (Wildman–Crippen MR) is 151 cm³/mol. The van der Waals surface area contributed by atoms with Crippen LogP contribution < -0.4 is 5.32 Å². The van der Waals surface area contributed by atoms with Gasteiger partial charge in [0.1, 0.15) is 19.0 Å². The normalized spacial score (nSPS) is 18.6. The van der Waals surface area contributed by atoms with Crippen molar-refractivity contribution in [2.75, 3.05) is 38.6 Å². The molecule has 2 amide bonds. The van der Waals surface area contributed by atoms with Gasteiger partial charge in [-0.05, 0) is 93.4 Å². The summed E-state index contributed by atoms with van der Waals surface area (Å²) in [5.41, 5.74) is 2.96. The Morgan fingerprint density at radius 3 is 2.46 bits per heavy atom. The number of carbonyl (C=O) groups excluding carboxylic acids is 2. The predicted octanol–water partition coefficient (Wildman–Crippen LogP) is 3.95. The molecule has 1 aromatic carbocycles. The number of hydrogen-bond donors (Lipinski definition) is 2. The average Bonchev–Trinajstić information content (AvgIpc) is 2.94. The molecule has 4 rings (SSSR count). The van der Waals surface area contributed by atoms with E-state index in [0.29, 0.717) is 16.8 Å². The van der Waals surface area contributed by atoms with E-state index in [4.69, 9.17) is 16.4 Å². The Hall–Kier alpha value is -3.01. The fraction of sp³-hybridized carbons (Fsp3) is 0.517. The van der Waals surface area contributed by atoms with Crippen molar-refractivity contribution < 1.29 is 19.5 Å². The number of aliphatic hydroxyl groups is 1. The second-order valence-corrected chi connectivity index (χ2v) is 10.9. The highest BCUT2D eigenvalue weighted by molar-refractivity contribution is 6.30. The van der Waals surface area contributed by atoms with Gasteiger partial charge in [-0.3, -0.25) is 14.5 Å². The summed E-state index contributed by atoms with van der Waals surface area (Å²) in [7, 11) is 1.57. The van der Waals surface area contributed by atoms with Crippen LogP contribution in [0.2, 0.25) is 5.02 Å². The number of carbonyl (C=O) groups is 2. The molecule has 9 nitrogen and oxygen atoms in total. The van der Waals surface area contributed by atoms with Crippen molar-refractivity contribution in [2.45, 2.75) is 51.7 Å². The first-order valence-electron chi connectivity index (χ1n) is 13.6. The molecule has 2 aliphatic heterocycles. The summed E-state index contributed by atoms with van der Waals surface area (Å²) in [6.45, 7) is 5.41. The number of piperidine rings is 2. The van der Waals surface area contributed by atoms with Gasteiger partial charge in [-0.15, -0.1) is 0 Å². The summed E-state index contributed by atoms with van der Waals surface area (Å²) in [6.07, 6.45) is 4.98. The lowest BCUT2D eigenvalue weighted by molar-refractivity contribution is -0.138. The summed E-state index contributed by atoms with van der Waals surface area (Å²) < 4.78 is 0. The van der Waals surface area contributed by atoms with E-state index in [2.05, 4.69) is 20.4 Å². The highest BCUT2D eigenvalue weighted by Crippen LogP contribution is 2.27. The van der Waals surface area contributed by atoms with Crippen molar-refractivity contribution in [3.8, 4) is 0 Å². The fourth-order valence-electron chi connectivity index (χ4n) is 5.32. The minimum atomic E-state index is -1.09. The van der Waals surface area contributed by atoms with Crippen LogP contribution in [0, 0.1) is 11.8 Å². The highest BCUT2D eigenvalue weighted by atomic mass is 35.5. The summed E-state index contributed by atoms with van der Waals surface area (Å²) >= 11 is 6.04. The molecule has 2 saturated heterocycles. The Bertz CT molecular complexity index is 1140. The van der Waals surface area contributed by atoms with Crippen LogP contribution in [-0.2, 0) is 21.0 Å². The van der Waals surface area contributed by atoms with E-state index in [0.717, 1.165) is 81.7 Å². The Kier molecular flexibility index (Phi) is 10.3. The van der Waals surface area contributed by atoms with Crippen LogP contribution in [0.1, 0.15) is 50.2 Å². The van der Waals surface area contributed by atoms with Crippen molar-refractivity contribution in [1.29, 1.82) is 0 Å². The smallest absolute Gasteiger partial charge is 0.254 e. The van der Waals surface area contributed by atoms with Crippen LogP contribution >= 0.6 is 11.6 Å². The first kappa shape index (κ1) is 29.0. The Balaban J connectivity index is 1.22. The number of likely N-dealkylation sites (tertiary alicyclic amines) is 2. The topological polar surface area (TPSA) is 107 Å². The zero-order valence-corrected chi connectivity index (χ0v) is 23.4. The van der Waals surface area contributed by atoms with Gasteiger partial charge in [0, 0.05) is 36.8 Å². The van der Waals surface area contributed by atoms with Gasteiger partial charge in [-0.25, -0.2) is 4.98 Å². The Labute approximate surface area is 235 Å². The van der Waals surface area contributed by atoms with E-state index in [1.54, 1.807) is 13.3 Å². The molecule has 2 N–H and O–H groups in total. The molecule has 0 bridgehead atoms. The average molecular weight is 556 g/mol. The molecule has 0 radical (unpaired) electrons. The van der Waals surface area contributed by atoms with Crippen LogP contribution in [-0.4, -0.2) is 76.8 Å². The lowest BCUT2D eigenvalue weighted by atomic mass is 9.88. The molecular formula is C29H38ClN5O4. The molecular weight excluding hydrogens is 518 g/mol. The van der Waals surface area contributed by atoms with Crippen LogP contribution in [0.3, 0.4) is 0 Å². The molecule has 10 heteroatoms. The van der Waals surface area contributed by atoms with Crippen molar-refractivity contribution in [3.63, 3.8) is 0 Å². The number of nitrogens with one attached hydrogen (secondary N) is 1. The molecule has 1 unspecified atom stereocenters. The van der Waals surface area contributed by atoms with E-state index >= 15 is 0 Å². The zero-order chi connectivity index (χ0) is 27.8. The number of oxime groups is 1. The van der Waals surface area contributed by atoms with Crippen molar-refractivity contribution in [3.05, 3.63) is 58.7 Å². The van der Waals surface area contributed by atoms with E-state index in [9.17, 15) is 14.7 Å². The van der Waals surface area contributed by atoms with E-state index < -0.39 is 12.0 Å². The minimum absolute atomic E-state index is 0.0656. The second-order valence-electron chi connectivity index (χ2n) is 10.5. The standard InChI is InChI=1S/C29H38ClN5O4/c1-20(36)28(37)32-27-18-22(7-12-31-27)19-34-13-10-24(11-14-34)29(38)35-15-8-21(9-16-35)17-26(33-39-2)23-3-5-25(30)6-4-23/h3-7,12,18,20-21,24,36H,8-11,13-17,19H2,1-2H3,(H,31,32,37). The number of nitrogens with zero attached hydrogens (tertiary/aromatic N) is 4. The number of anilines is 1. The van der Waals surface area contributed by atoms with Crippen molar-refractivity contribution in [1.82, 2.24) is 14.8 Å². The van der Waals surface area contributed by atoms with Gasteiger partial charge >= 0.3 is 0 Å². The van der Waals surface area contributed by atoms with Crippen LogP contribution in [0.4, 0.5) is 5.82 Å². The second kappa shape index (κ2) is 13.9. The fourth-order valence-corrected chi connectivity index (χ4v) is 5.44. The molecule has 210 valence electrons. The van der Waals surface area contributed by atoms with Gasteiger partial charge in [0.05, 0.1) is 5.71 Å². The quantitative estimate of drug-likeness (QED) is 0.358. The first-order valence-corrected chi connectivity index (χ1v) is 14.0. The third-order valence-corrected chi connectivity index (χ3v) is 7.84.